The number of esters is 2. The van der Waals surface area contributed by atoms with Gasteiger partial charge in [0, 0.05) is 27.1 Å². The summed E-state index contributed by atoms with van der Waals surface area (Å²) in [6.45, 7) is -0.750. The molecule has 0 aromatic heterocycles. The van der Waals surface area contributed by atoms with Crippen LogP contribution in [0.1, 0.15) is 55.8 Å². The van der Waals surface area contributed by atoms with Crippen LogP contribution in [0.25, 0.3) is 0 Å². The maximum absolute atomic E-state index is 15.3. The largest absolute Gasteiger partial charge is 0.459 e. The Balaban J connectivity index is 0.000000234. The van der Waals surface area contributed by atoms with E-state index in [1.54, 1.807) is 103 Å². The second-order valence-corrected chi connectivity index (χ2v) is 18.9. The zero-order valence-electron chi connectivity index (χ0n) is 44.5. The molecule has 2 N–H and O–H groups in total. The Morgan fingerprint density at radius 2 is 0.877 bits per heavy atom. The van der Waals surface area contributed by atoms with Gasteiger partial charge in [0.05, 0.1) is 35.0 Å². The van der Waals surface area contributed by atoms with Gasteiger partial charge in [-0.15, -0.1) is 0 Å². The van der Waals surface area contributed by atoms with E-state index in [0.29, 0.717) is 11.1 Å². The molecule has 17 nitrogen and oxygen atoms in total. The van der Waals surface area contributed by atoms with Crippen molar-refractivity contribution in [2.45, 2.75) is 81.7 Å². The summed E-state index contributed by atoms with van der Waals surface area (Å²) in [5, 5.41) is 5.19. The van der Waals surface area contributed by atoms with E-state index < -0.39 is 109 Å². The zero-order valence-corrected chi connectivity index (χ0v) is 44.5. The normalized spacial score (nSPS) is 19.6. The average Bonchev–Trinajstić information content (AvgIpc) is 4.20. The van der Waals surface area contributed by atoms with E-state index >= 15 is 8.78 Å². The van der Waals surface area contributed by atoms with Gasteiger partial charge in [0.25, 0.3) is 0 Å². The molecule has 8 atom stereocenters. The van der Waals surface area contributed by atoms with E-state index in [1.165, 1.54) is 19.2 Å². The number of ketones is 3. The smallest absolute Gasteiger partial charge is 0.408 e. The molecular weight excluding hydrogens is 1050 g/mol. The lowest BCUT2D eigenvalue weighted by Crippen LogP contribution is -2.46. The number of rotatable bonds is 24. The summed E-state index contributed by atoms with van der Waals surface area (Å²) in [5.41, 5.74) is 3.68. The van der Waals surface area contributed by atoms with Gasteiger partial charge >= 0.3 is 30.0 Å². The number of hydrogen-bond donors (Lipinski definition) is 2. The number of alkyl halides is 2. The maximum atomic E-state index is 15.3. The second kappa shape index (κ2) is 30.2. The van der Waals surface area contributed by atoms with Crippen molar-refractivity contribution in [1.82, 2.24) is 10.6 Å². The van der Waals surface area contributed by atoms with E-state index in [1.807, 2.05) is 66.7 Å². The fourth-order valence-corrected chi connectivity index (χ4v) is 8.99. The quantitative estimate of drug-likeness (QED) is 0.0427. The molecule has 0 unspecified atom stereocenters. The standard InChI is InChI=1S/C31H31F2NO7.C31H31NO8/c1-38-29-31(32,33)24(27(41-29)20-39-28(36)23-15-9-4-10-16-23)18-26(35)25(17-21-11-5-2-6-12-21)34-30(37)40-19-22-13-7-3-8-14-22;1-37-30-28(34)24(27(40-30)20-38-29(35)23-15-9-4-10-16-23)18-26(33)25(17-21-11-5-2-6-12-21)32-31(36)39-19-22-13-7-3-8-14-22/h2-16,24-25,27,29H,17-20H2,1H3,(H,34,37);2-16,24-25,27,30H,17-20H2,1H3,(H,32,36)/t24-,25-,27+,29+;24-,25-,27+,30+/m00/s1. The van der Waals surface area contributed by atoms with Gasteiger partial charge in [-0.25, -0.2) is 28.0 Å². The van der Waals surface area contributed by atoms with Gasteiger partial charge in [-0.05, 0) is 59.4 Å². The van der Waals surface area contributed by atoms with Gasteiger partial charge in [-0.3, -0.25) is 14.4 Å². The third kappa shape index (κ3) is 17.8. The Morgan fingerprint density at radius 3 is 1.28 bits per heavy atom. The molecule has 81 heavy (non-hydrogen) atoms. The fraction of sp³-hybridized carbons (Fsp3) is 0.306. The maximum Gasteiger partial charge on any atom is 0.408 e. The predicted octanol–water partition coefficient (Wildman–Crippen LogP) is 8.86. The summed E-state index contributed by atoms with van der Waals surface area (Å²) in [6, 6.07) is 50.5. The number of alkyl carbamates (subject to hydrolysis) is 2. The Hall–Kier alpha value is -8.49. The van der Waals surface area contributed by atoms with Gasteiger partial charge in [-0.1, -0.05) is 158 Å². The SMILES string of the molecule is CO[C@@H]1O[C@H](COC(=O)c2ccccc2)[C@H](CC(=O)[C@H](Cc2ccccc2)NC(=O)OCc2ccccc2)C1(F)F.CO[C@@H]1O[C@H](COC(=O)c2ccccc2)[C@H](CC(=O)[C@H](Cc2ccccc2)NC(=O)OCc2ccccc2)C1=O. The minimum absolute atomic E-state index is 0.0299. The number of carbonyl (C=O) groups excluding carboxylic acids is 7. The third-order valence-electron chi connectivity index (χ3n) is 13.3. The van der Waals surface area contributed by atoms with Crippen molar-refractivity contribution in [3.05, 3.63) is 215 Å². The number of amides is 2. The molecular formula is C62H62F2N2O15. The molecule has 6 aromatic rings. The molecule has 2 fully saturated rings. The van der Waals surface area contributed by atoms with E-state index in [-0.39, 0.29) is 44.6 Å². The van der Waals surface area contributed by atoms with Crippen LogP contribution in [0.15, 0.2) is 182 Å². The first kappa shape index (κ1) is 60.2. The average molecular weight is 1110 g/mol. The fourth-order valence-electron chi connectivity index (χ4n) is 8.99. The van der Waals surface area contributed by atoms with Crippen LogP contribution in [0.4, 0.5) is 18.4 Å². The van der Waals surface area contributed by atoms with Crippen LogP contribution in [-0.2, 0) is 78.3 Å². The number of hydrogen-bond acceptors (Lipinski definition) is 15. The first-order valence-electron chi connectivity index (χ1n) is 26.0. The van der Waals surface area contributed by atoms with Crippen molar-refractivity contribution in [3.63, 3.8) is 0 Å². The summed E-state index contributed by atoms with van der Waals surface area (Å²) in [5.74, 6) is -8.94. The Morgan fingerprint density at radius 1 is 0.494 bits per heavy atom. The molecule has 2 heterocycles. The number of carbonyl (C=O) groups is 7. The van der Waals surface area contributed by atoms with Crippen LogP contribution in [0.3, 0.4) is 0 Å². The molecule has 19 heteroatoms. The minimum Gasteiger partial charge on any atom is -0.459 e. The molecule has 6 aromatic carbocycles. The first-order chi connectivity index (χ1) is 39.2. The van der Waals surface area contributed by atoms with Crippen molar-refractivity contribution in [2.24, 2.45) is 11.8 Å². The number of ether oxygens (including phenoxy) is 8. The predicted molar refractivity (Wildman–Crippen MR) is 288 cm³/mol. The van der Waals surface area contributed by atoms with E-state index in [9.17, 15) is 33.6 Å². The number of halogens is 2. The van der Waals surface area contributed by atoms with Crippen LogP contribution in [0, 0.1) is 11.8 Å². The minimum atomic E-state index is -3.57. The molecule has 424 valence electrons. The molecule has 8 rings (SSSR count). The molecule has 2 amide bonds. The summed E-state index contributed by atoms with van der Waals surface area (Å²) in [6.07, 6.45) is -7.61. The molecule has 0 bridgehead atoms. The first-order valence-corrected chi connectivity index (χ1v) is 26.0. The molecule has 2 aliphatic heterocycles. The van der Waals surface area contributed by atoms with Gasteiger partial charge in [0.15, 0.2) is 17.3 Å². The van der Waals surface area contributed by atoms with Gasteiger partial charge in [0.2, 0.25) is 12.6 Å². The zero-order chi connectivity index (χ0) is 57.6. The van der Waals surface area contributed by atoms with Crippen molar-refractivity contribution in [3.8, 4) is 0 Å². The van der Waals surface area contributed by atoms with E-state index in [2.05, 4.69) is 10.6 Å². The Labute approximate surface area is 467 Å². The summed E-state index contributed by atoms with van der Waals surface area (Å²) in [7, 11) is 2.39. The topological polar surface area (TPSA) is 217 Å². The molecule has 2 saturated heterocycles. The second-order valence-electron chi connectivity index (χ2n) is 18.9. The molecule has 0 aliphatic carbocycles. The Kier molecular flexibility index (Phi) is 22.4. The number of methoxy groups -OCH3 is 2. The highest BCUT2D eigenvalue weighted by Gasteiger charge is 2.60. The highest BCUT2D eigenvalue weighted by molar-refractivity contribution is 5.95. The van der Waals surface area contributed by atoms with Crippen molar-refractivity contribution in [2.75, 3.05) is 27.4 Å². The van der Waals surface area contributed by atoms with Gasteiger partial charge in [0.1, 0.15) is 38.6 Å². The van der Waals surface area contributed by atoms with Crippen molar-refractivity contribution < 1.29 is 80.2 Å². The molecule has 0 radical (unpaired) electrons. The van der Waals surface area contributed by atoms with E-state index in [0.717, 1.165) is 23.8 Å². The summed E-state index contributed by atoms with van der Waals surface area (Å²) >= 11 is 0. The number of nitrogens with one attached hydrogen (secondary N) is 2. The van der Waals surface area contributed by atoms with Crippen molar-refractivity contribution in [1.29, 1.82) is 0 Å². The highest BCUT2D eigenvalue weighted by Crippen LogP contribution is 2.44. The van der Waals surface area contributed by atoms with Crippen LogP contribution >= 0.6 is 0 Å². The summed E-state index contributed by atoms with van der Waals surface area (Å²) in [4.78, 5) is 90.2. The van der Waals surface area contributed by atoms with Gasteiger partial charge < -0.3 is 48.5 Å². The third-order valence-corrected chi connectivity index (χ3v) is 13.3. The Bertz CT molecular complexity index is 2980. The van der Waals surface area contributed by atoms with Crippen LogP contribution in [-0.4, -0.2) is 112 Å². The molecule has 2 aliphatic rings. The lowest BCUT2D eigenvalue weighted by atomic mass is 9.88. The lowest BCUT2D eigenvalue weighted by Gasteiger charge is -2.25. The molecule has 0 saturated carbocycles. The summed E-state index contributed by atoms with van der Waals surface area (Å²) < 4.78 is 72.9. The van der Waals surface area contributed by atoms with Crippen LogP contribution in [0.5, 0.6) is 0 Å². The number of benzene rings is 6. The number of Topliss-reactive ketones (excluding diaryl/α,β-unsaturated/α-hetero) is 3. The van der Waals surface area contributed by atoms with Gasteiger partial charge in [-0.2, -0.15) is 0 Å². The van der Waals surface area contributed by atoms with Crippen molar-refractivity contribution >= 4 is 41.5 Å². The monoisotopic (exact) mass is 1110 g/mol. The lowest BCUT2D eigenvalue weighted by molar-refractivity contribution is -0.209. The molecule has 0 spiro atoms. The van der Waals surface area contributed by atoms with Crippen LogP contribution < -0.4 is 10.6 Å². The van der Waals surface area contributed by atoms with E-state index in [4.69, 9.17) is 37.9 Å². The highest BCUT2D eigenvalue weighted by atomic mass is 19.3. The van der Waals surface area contributed by atoms with Crippen LogP contribution in [0.2, 0.25) is 0 Å².